The summed E-state index contributed by atoms with van der Waals surface area (Å²) in [6, 6.07) is 4.66. The number of hydrogen-bond acceptors (Lipinski definition) is 1. The monoisotopic (exact) mass is 259 g/mol. The molecule has 2 N–H and O–H groups in total. The van der Waals surface area contributed by atoms with Gasteiger partial charge in [0, 0.05) is 16.1 Å². The molecule has 0 fully saturated rings. The molecule has 1 aromatic rings. The molecule has 78 valence electrons. The average Bonchev–Trinajstić information content (AvgIpc) is 2.19. The second-order valence-corrected chi connectivity index (χ2v) is 4.49. The van der Waals surface area contributed by atoms with E-state index in [1.54, 1.807) is 12.1 Å². The zero-order chi connectivity index (χ0) is 10.7. The summed E-state index contributed by atoms with van der Waals surface area (Å²) in [6.45, 7) is 4.09. The third-order valence-electron chi connectivity index (χ3n) is 2.57. The zero-order valence-electron chi connectivity index (χ0n) is 8.43. The maximum Gasteiger partial charge on any atom is 0.128 e. The maximum absolute atomic E-state index is 13.4. The van der Waals surface area contributed by atoms with Crippen LogP contribution >= 0.6 is 15.9 Å². The van der Waals surface area contributed by atoms with Crippen molar-refractivity contribution in [2.45, 2.75) is 26.3 Å². The van der Waals surface area contributed by atoms with Crippen molar-refractivity contribution in [1.82, 2.24) is 0 Å². The van der Waals surface area contributed by atoms with Gasteiger partial charge in [0.2, 0.25) is 0 Å². The van der Waals surface area contributed by atoms with Gasteiger partial charge in [0.05, 0.1) is 0 Å². The number of benzene rings is 1. The van der Waals surface area contributed by atoms with Gasteiger partial charge in [-0.1, -0.05) is 36.2 Å². The van der Waals surface area contributed by atoms with Gasteiger partial charge in [-0.25, -0.2) is 4.39 Å². The van der Waals surface area contributed by atoms with Crippen molar-refractivity contribution in [3.8, 4) is 0 Å². The highest BCUT2D eigenvalue weighted by Gasteiger charge is 2.16. The molecule has 0 heterocycles. The summed E-state index contributed by atoms with van der Waals surface area (Å²) in [5.41, 5.74) is 6.55. The zero-order valence-corrected chi connectivity index (χ0v) is 10.0. The van der Waals surface area contributed by atoms with Crippen molar-refractivity contribution < 1.29 is 4.39 Å². The lowest BCUT2D eigenvalue weighted by Gasteiger charge is -2.19. The highest BCUT2D eigenvalue weighted by Crippen LogP contribution is 2.26. The maximum atomic E-state index is 13.4. The van der Waals surface area contributed by atoms with Crippen molar-refractivity contribution in [3.05, 3.63) is 34.1 Å². The van der Waals surface area contributed by atoms with Crippen molar-refractivity contribution in [3.63, 3.8) is 0 Å². The Balaban J connectivity index is 2.99. The molecule has 3 heteroatoms. The molecule has 0 radical (unpaired) electrons. The Labute approximate surface area is 92.6 Å². The lowest BCUT2D eigenvalue weighted by molar-refractivity contribution is 0.439. The molecule has 0 spiro atoms. The minimum absolute atomic E-state index is 0.221. The van der Waals surface area contributed by atoms with Crippen LogP contribution in [0, 0.1) is 11.7 Å². The summed E-state index contributed by atoms with van der Waals surface area (Å²) in [5.74, 6) is 0.0693. The van der Waals surface area contributed by atoms with Crippen LogP contribution in [0.2, 0.25) is 0 Å². The fourth-order valence-corrected chi connectivity index (χ4v) is 1.71. The number of nitrogens with two attached hydrogens (primary N) is 1. The second-order valence-electron chi connectivity index (χ2n) is 3.58. The van der Waals surface area contributed by atoms with Gasteiger partial charge in [0.25, 0.3) is 0 Å². The van der Waals surface area contributed by atoms with Crippen molar-refractivity contribution in [2.75, 3.05) is 0 Å². The molecule has 0 aliphatic heterocycles. The normalized spacial score (nSPS) is 15.2. The van der Waals surface area contributed by atoms with E-state index in [4.69, 9.17) is 5.73 Å². The molecular formula is C11H15BrFN. The van der Waals surface area contributed by atoms with E-state index in [1.807, 2.05) is 6.92 Å². The third-order valence-corrected chi connectivity index (χ3v) is 3.07. The predicted octanol–water partition coefficient (Wildman–Crippen LogP) is 3.63. The van der Waals surface area contributed by atoms with E-state index in [-0.39, 0.29) is 11.9 Å². The Hall–Kier alpha value is -0.410. The van der Waals surface area contributed by atoms with Crippen LogP contribution in [-0.4, -0.2) is 0 Å². The lowest BCUT2D eigenvalue weighted by Crippen LogP contribution is -2.19. The topological polar surface area (TPSA) is 26.0 Å². The van der Waals surface area contributed by atoms with Crippen LogP contribution in [0.15, 0.2) is 22.7 Å². The fourth-order valence-electron chi connectivity index (χ4n) is 1.33. The first-order valence-electron chi connectivity index (χ1n) is 4.76. The molecule has 1 unspecified atom stereocenters. The van der Waals surface area contributed by atoms with Crippen molar-refractivity contribution in [1.29, 1.82) is 0 Å². The summed E-state index contributed by atoms with van der Waals surface area (Å²) in [5, 5.41) is 0. The van der Waals surface area contributed by atoms with Gasteiger partial charge in [-0.15, -0.1) is 0 Å². The number of hydrogen-bond donors (Lipinski definition) is 1. The number of halogens is 2. The van der Waals surface area contributed by atoms with Crippen molar-refractivity contribution in [2.24, 2.45) is 11.7 Å². The summed E-state index contributed by atoms with van der Waals surface area (Å²) < 4.78 is 14.3. The molecule has 0 bridgehead atoms. The van der Waals surface area contributed by atoms with Crippen LogP contribution in [0.3, 0.4) is 0 Å². The molecule has 0 aromatic heterocycles. The van der Waals surface area contributed by atoms with E-state index < -0.39 is 0 Å². The molecule has 2 atom stereocenters. The minimum Gasteiger partial charge on any atom is -0.324 e. The van der Waals surface area contributed by atoms with E-state index in [9.17, 15) is 4.39 Å². The fraction of sp³-hybridized carbons (Fsp3) is 0.455. The highest BCUT2D eigenvalue weighted by atomic mass is 79.9. The summed E-state index contributed by atoms with van der Waals surface area (Å²) in [4.78, 5) is 0. The van der Waals surface area contributed by atoms with Crippen LogP contribution in [0.5, 0.6) is 0 Å². The smallest absolute Gasteiger partial charge is 0.128 e. The molecule has 0 aliphatic carbocycles. The van der Waals surface area contributed by atoms with Gasteiger partial charge in [0.1, 0.15) is 5.82 Å². The first kappa shape index (κ1) is 11.7. The van der Waals surface area contributed by atoms with Gasteiger partial charge in [0.15, 0.2) is 0 Å². The predicted molar refractivity (Wildman–Crippen MR) is 60.5 cm³/mol. The SMILES string of the molecule is CCC(C)[C@@H](N)c1cc(Br)ccc1F. The van der Waals surface area contributed by atoms with Crippen molar-refractivity contribution >= 4 is 15.9 Å². The van der Waals surface area contributed by atoms with Crippen LogP contribution < -0.4 is 5.73 Å². The average molecular weight is 260 g/mol. The van der Waals surface area contributed by atoms with E-state index in [0.29, 0.717) is 11.5 Å². The Morgan fingerprint density at radius 2 is 2.14 bits per heavy atom. The molecule has 0 amide bonds. The molecule has 0 aliphatic rings. The van der Waals surface area contributed by atoms with Crippen LogP contribution in [0.25, 0.3) is 0 Å². The third kappa shape index (κ3) is 2.55. The van der Waals surface area contributed by atoms with Gasteiger partial charge in [-0.2, -0.15) is 0 Å². The van der Waals surface area contributed by atoms with Crippen LogP contribution in [-0.2, 0) is 0 Å². The molecular weight excluding hydrogens is 245 g/mol. The van der Waals surface area contributed by atoms with E-state index >= 15 is 0 Å². The molecule has 0 saturated carbocycles. The molecule has 1 aromatic carbocycles. The summed E-state index contributed by atoms with van der Waals surface area (Å²) in [7, 11) is 0. The van der Waals surface area contributed by atoms with E-state index in [2.05, 4.69) is 22.9 Å². The molecule has 0 saturated heterocycles. The Morgan fingerprint density at radius 3 is 2.71 bits per heavy atom. The van der Waals surface area contributed by atoms with E-state index in [0.717, 1.165) is 10.9 Å². The lowest BCUT2D eigenvalue weighted by atomic mass is 9.93. The first-order valence-corrected chi connectivity index (χ1v) is 5.56. The van der Waals surface area contributed by atoms with Crippen LogP contribution in [0.1, 0.15) is 31.9 Å². The van der Waals surface area contributed by atoms with Gasteiger partial charge in [-0.3, -0.25) is 0 Å². The van der Waals surface area contributed by atoms with E-state index in [1.165, 1.54) is 6.07 Å². The Kier molecular flexibility index (Phi) is 4.08. The molecule has 1 nitrogen and oxygen atoms in total. The number of rotatable bonds is 3. The first-order chi connectivity index (χ1) is 6.56. The minimum atomic E-state index is -0.225. The summed E-state index contributed by atoms with van der Waals surface area (Å²) >= 11 is 3.31. The largest absolute Gasteiger partial charge is 0.324 e. The molecule has 14 heavy (non-hydrogen) atoms. The standard InChI is InChI=1S/C11H15BrFN/c1-3-7(2)11(14)9-6-8(12)4-5-10(9)13/h4-7,11H,3,14H2,1-2H3/t7?,11-/m1/s1. The highest BCUT2D eigenvalue weighted by molar-refractivity contribution is 9.10. The quantitative estimate of drug-likeness (QED) is 0.882. The van der Waals surface area contributed by atoms with Gasteiger partial charge >= 0.3 is 0 Å². The molecule has 1 rings (SSSR count). The van der Waals surface area contributed by atoms with Crippen LogP contribution in [0.4, 0.5) is 4.39 Å². The second kappa shape index (κ2) is 4.89. The van der Waals surface area contributed by atoms with Gasteiger partial charge < -0.3 is 5.73 Å². The Bertz CT molecular complexity index is 314. The Morgan fingerprint density at radius 1 is 1.50 bits per heavy atom. The summed E-state index contributed by atoms with van der Waals surface area (Å²) in [6.07, 6.45) is 0.952. The van der Waals surface area contributed by atoms with Gasteiger partial charge in [-0.05, 0) is 24.1 Å².